The van der Waals surface area contributed by atoms with E-state index in [2.05, 4.69) is 0 Å². The molecule has 3 rings (SSSR count). The summed E-state index contributed by atoms with van der Waals surface area (Å²) >= 11 is 0. The van der Waals surface area contributed by atoms with Crippen LogP contribution in [0.5, 0.6) is 5.75 Å². The molecule has 25 heavy (non-hydrogen) atoms. The zero-order valence-corrected chi connectivity index (χ0v) is 14.5. The van der Waals surface area contributed by atoms with Gasteiger partial charge in [0.1, 0.15) is 12.4 Å². The number of nitrogens with zero attached hydrogens (tertiary/aromatic N) is 1. The largest absolute Gasteiger partial charge is 0.490 e. The molecule has 0 amide bonds. The van der Waals surface area contributed by atoms with Gasteiger partial charge in [-0.25, -0.2) is 4.79 Å². The van der Waals surface area contributed by atoms with E-state index in [1.54, 1.807) is 6.92 Å². The molecule has 0 spiro atoms. The van der Waals surface area contributed by atoms with Crippen molar-refractivity contribution in [2.45, 2.75) is 26.0 Å². The molecule has 0 bridgehead atoms. The normalized spacial score (nSPS) is 15.7. The number of carbonyl (C=O) groups is 1. The van der Waals surface area contributed by atoms with E-state index in [1.807, 2.05) is 60.4 Å². The summed E-state index contributed by atoms with van der Waals surface area (Å²) in [4.78, 5) is 14.3. The van der Waals surface area contributed by atoms with Crippen LogP contribution in [0.25, 0.3) is 0 Å². The summed E-state index contributed by atoms with van der Waals surface area (Å²) in [5.74, 6) is 0.144. The number of aryl methyl sites for hydroxylation is 1. The van der Waals surface area contributed by atoms with Crippen LogP contribution in [-0.4, -0.2) is 36.9 Å². The summed E-state index contributed by atoms with van der Waals surface area (Å²) in [5.41, 5.74) is 2.83. The number of anilines is 1. The van der Waals surface area contributed by atoms with Crippen LogP contribution < -0.4 is 9.64 Å². The van der Waals surface area contributed by atoms with Gasteiger partial charge < -0.3 is 19.5 Å². The molecule has 2 atom stereocenters. The van der Waals surface area contributed by atoms with Crippen LogP contribution in [-0.2, 0) is 9.53 Å². The van der Waals surface area contributed by atoms with Crippen molar-refractivity contribution in [3.63, 3.8) is 0 Å². The van der Waals surface area contributed by atoms with Crippen molar-refractivity contribution in [2.75, 3.05) is 24.7 Å². The Bertz CT molecular complexity index is 732. The van der Waals surface area contributed by atoms with Crippen molar-refractivity contribution in [3.8, 4) is 5.75 Å². The van der Waals surface area contributed by atoms with E-state index < -0.39 is 18.1 Å². The van der Waals surface area contributed by atoms with E-state index >= 15 is 0 Å². The molecule has 0 saturated carbocycles. The minimum atomic E-state index is -1.28. The first kappa shape index (κ1) is 17.3. The van der Waals surface area contributed by atoms with Crippen LogP contribution >= 0.6 is 0 Å². The highest BCUT2D eigenvalue weighted by Gasteiger charge is 2.36. The molecule has 1 aliphatic heterocycles. The maximum atomic E-state index is 12.2. The third-order valence-corrected chi connectivity index (χ3v) is 4.32. The summed E-state index contributed by atoms with van der Waals surface area (Å²) in [7, 11) is 0. The topological polar surface area (TPSA) is 59.0 Å². The SMILES string of the molecule is CCOC(=O)C(O)C(c1ccccc1)N1CCOc2ccc(C)cc21. The maximum absolute atomic E-state index is 12.2. The fraction of sp³-hybridized carbons (Fsp3) is 0.350. The fourth-order valence-corrected chi connectivity index (χ4v) is 3.18. The third kappa shape index (κ3) is 3.61. The van der Waals surface area contributed by atoms with E-state index in [9.17, 15) is 9.90 Å². The average Bonchev–Trinajstić information content (AvgIpc) is 2.63. The summed E-state index contributed by atoms with van der Waals surface area (Å²) in [6.45, 7) is 5.04. The second kappa shape index (κ2) is 7.57. The number of benzene rings is 2. The maximum Gasteiger partial charge on any atom is 0.337 e. The van der Waals surface area contributed by atoms with Gasteiger partial charge in [-0.1, -0.05) is 36.4 Å². The lowest BCUT2D eigenvalue weighted by Gasteiger charge is -2.39. The Kier molecular flexibility index (Phi) is 5.24. The molecule has 1 aliphatic rings. The molecule has 1 heterocycles. The molecule has 0 fully saturated rings. The van der Waals surface area contributed by atoms with E-state index in [0.717, 1.165) is 22.6 Å². The summed E-state index contributed by atoms with van der Waals surface area (Å²) in [5, 5.41) is 10.8. The van der Waals surface area contributed by atoms with Gasteiger partial charge in [-0.05, 0) is 37.1 Å². The van der Waals surface area contributed by atoms with E-state index in [0.29, 0.717) is 13.2 Å². The Labute approximate surface area is 147 Å². The molecular weight excluding hydrogens is 318 g/mol. The molecule has 5 nitrogen and oxygen atoms in total. The predicted octanol–water partition coefficient (Wildman–Crippen LogP) is 2.86. The van der Waals surface area contributed by atoms with Crippen molar-refractivity contribution in [1.82, 2.24) is 0 Å². The highest BCUT2D eigenvalue weighted by atomic mass is 16.5. The van der Waals surface area contributed by atoms with Gasteiger partial charge in [-0.2, -0.15) is 0 Å². The molecule has 0 aliphatic carbocycles. The number of fused-ring (bicyclic) bond motifs is 1. The number of aliphatic hydroxyl groups excluding tert-OH is 1. The van der Waals surface area contributed by atoms with Gasteiger partial charge in [0.25, 0.3) is 0 Å². The summed E-state index contributed by atoms with van der Waals surface area (Å²) in [6, 6.07) is 14.9. The lowest BCUT2D eigenvalue weighted by atomic mass is 9.97. The second-order valence-corrected chi connectivity index (χ2v) is 6.07. The molecule has 5 heteroatoms. The number of hydrogen-bond donors (Lipinski definition) is 1. The van der Waals surface area contributed by atoms with Gasteiger partial charge in [0.15, 0.2) is 6.10 Å². The van der Waals surface area contributed by atoms with Gasteiger partial charge >= 0.3 is 5.97 Å². The monoisotopic (exact) mass is 341 g/mol. The number of carbonyl (C=O) groups excluding carboxylic acids is 1. The van der Waals surface area contributed by atoms with Gasteiger partial charge in [0.2, 0.25) is 0 Å². The highest BCUT2D eigenvalue weighted by Crippen LogP contribution is 2.39. The summed E-state index contributed by atoms with van der Waals surface area (Å²) < 4.78 is 10.8. The first-order valence-electron chi connectivity index (χ1n) is 8.51. The van der Waals surface area contributed by atoms with Gasteiger partial charge in [-0.15, -0.1) is 0 Å². The minimum Gasteiger partial charge on any atom is -0.490 e. The van der Waals surface area contributed by atoms with Gasteiger partial charge in [0, 0.05) is 0 Å². The van der Waals surface area contributed by atoms with Crippen molar-refractivity contribution in [3.05, 3.63) is 59.7 Å². The van der Waals surface area contributed by atoms with Crippen LogP contribution in [0, 0.1) is 6.92 Å². The quantitative estimate of drug-likeness (QED) is 0.848. The lowest BCUT2D eigenvalue weighted by molar-refractivity contribution is -0.154. The third-order valence-electron chi connectivity index (χ3n) is 4.32. The molecule has 0 radical (unpaired) electrons. The smallest absolute Gasteiger partial charge is 0.337 e. The highest BCUT2D eigenvalue weighted by molar-refractivity contribution is 5.77. The second-order valence-electron chi connectivity index (χ2n) is 6.07. The van der Waals surface area contributed by atoms with Crippen LogP contribution in [0.2, 0.25) is 0 Å². The van der Waals surface area contributed by atoms with Crippen LogP contribution in [0.4, 0.5) is 5.69 Å². The van der Waals surface area contributed by atoms with Gasteiger partial charge in [-0.3, -0.25) is 0 Å². The Balaban J connectivity index is 2.04. The van der Waals surface area contributed by atoms with Crippen molar-refractivity contribution in [2.24, 2.45) is 0 Å². The van der Waals surface area contributed by atoms with E-state index in [1.165, 1.54) is 0 Å². The van der Waals surface area contributed by atoms with Crippen molar-refractivity contribution in [1.29, 1.82) is 0 Å². The van der Waals surface area contributed by atoms with Gasteiger partial charge in [0.05, 0.1) is 24.9 Å². The first-order chi connectivity index (χ1) is 12.1. The zero-order valence-electron chi connectivity index (χ0n) is 14.5. The molecule has 132 valence electrons. The number of rotatable bonds is 5. The first-order valence-corrected chi connectivity index (χ1v) is 8.51. The average molecular weight is 341 g/mol. The molecule has 2 aromatic rings. The fourth-order valence-electron chi connectivity index (χ4n) is 3.18. The molecule has 0 aromatic heterocycles. The minimum absolute atomic E-state index is 0.232. The van der Waals surface area contributed by atoms with E-state index in [4.69, 9.17) is 9.47 Å². The molecular formula is C20H23NO4. The molecule has 2 aromatic carbocycles. The Morgan fingerprint density at radius 2 is 2.04 bits per heavy atom. The Hall–Kier alpha value is -2.53. The number of hydrogen-bond acceptors (Lipinski definition) is 5. The van der Waals surface area contributed by atoms with Crippen LogP contribution in [0.15, 0.2) is 48.5 Å². The Morgan fingerprint density at radius 3 is 2.76 bits per heavy atom. The number of esters is 1. The predicted molar refractivity (Wildman–Crippen MR) is 95.8 cm³/mol. The van der Waals surface area contributed by atoms with Crippen LogP contribution in [0.3, 0.4) is 0 Å². The van der Waals surface area contributed by atoms with Crippen molar-refractivity contribution < 1.29 is 19.4 Å². The van der Waals surface area contributed by atoms with Crippen LogP contribution in [0.1, 0.15) is 24.1 Å². The van der Waals surface area contributed by atoms with Crippen molar-refractivity contribution >= 4 is 11.7 Å². The zero-order chi connectivity index (χ0) is 17.8. The standard InChI is InChI=1S/C20H23NO4/c1-3-24-20(23)19(22)18(15-7-5-4-6-8-15)21-11-12-25-17-10-9-14(2)13-16(17)21/h4-10,13,18-19,22H,3,11-12H2,1-2H3. The Morgan fingerprint density at radius 1 is 1.28 bits per heavy atom. The molecule has 2 unspecified atom stereocenters. The lowest BCUT2D eigenvalue weighted by Crippen LogP contribution is -2.45. The molecule has 1 N–H and O–H groups in total. The number of aliphatic hydroxyl groups is 1. The number of ether oxygens (including phenoxy) is 2. The summed E-state index contributed by atoms with van der Waals surface area (Å²) in [6.07, 6.45) is -1.28. The molecule has 0 saturated heterocycles. The van der Waals surface area contributed by atoms with E-state index in [-0.39, 0.29) is 6.61 Å².